The highest BCUT2D eigenvalue weighted by Gasteiger charge is 2.47. The smallest absolute Gasteiger partial charge is 0.330 e. The lowest BCUT2D eigenvalue weighted by molar-refractivity contribution is -0.134. The minimum absolute atomic E-state index is 0.0839. The maximum absolute atomic E-state index is 13.4. The SMILES string of the molecule is COC(=O)/C=C/c1ccc(C(OC)=C2C3CC4CC(C3)CC2C4)c(Cl)c1OCc1ccc(CC(=O)[C@@H](CCCNC(N)=O)NC(=O)[C@@H](N)C(C)C)cc1. The van der Waals surface area contributed by atoms with Crippen LogP contribution in [0.2, 0.25) is 5.02 Å². The molecule has 0 aliphatic heterocycles. The van der Waals surface area contributed by atoms with E-state index >= 15 is 0 Å². The molecule has 4 saturated carbocycles. The number of halogens is 1. The lowest BCUT2D eigenvalue weighted by Crippen LogP contribution is -2.50. The zero-order valence-corrected chi connectivity index (χ0v) is 31.9. The van der Waals surface area contributed by atoms with Crippen molar-refractivity contribution in [3.8, 4) is 5.75 Å². The number of urea groups is 1. The van der Waals surface area contributed by atoms with Crippen molar-refractivity contribution in [3.63, 3.8) is 0 Å². The van der Waals surface area contributed by atoms with Gasteiger partial charge in [-0.05, 0) is 103 Å². The number of carbonyl (C=O) groups excluding carboxylic acids is 4. The number of nitrogens with two attached hydrogens (primary N) is 2. The highest BCUT2D eigenvalue weighted by atomic mass is 35.5. The molecule has 53 heavy (non-hydrogen) atoms. The molecule has 4 fully saturated rings. The number of ketones is 1. The van der Waals surface area contributed by atoms with E-state index in [0.717, 1.165) is 34.3 Å². The van der Waals surface area contributed by atoms with Gasteiger partial charge in [-0.3, -0.25) is 9.59 Å². The van der Waals surface area contributed by atoms with Gasteiger partial charge in [0.05, 0.1) is 31.3 Å². The van der Waals surface area contributed by atoms with Crippen LogP contribution in [0.5, 0.6) is 5.75 Å². The van der Waals surface area contributed by atoms with E-state index in [1.165, 1.54) is 50.9 Å². The molecule has 0 radical (unpaired) electrons. The van der Waals surface area contributed by atoms with Gasteiger partial charge in [0, 0.05) is 30.2 Å². The third kappa shape index (κ3) is 10.00. The third-order valence-electron chi connectivity index (χ3n) is 10.9. The van der Waals surface area contributed by atoms with Gasteiger partial charge < -0.3 is 36.3 Å². The Balaban J connectivity index is 1.32. The van der Waals surface area contributed by atoms with E-state index in [9.17, 15) is 19.2 Å². The predicted molar refractivity (Wildman–Crippen MR) is 205 cm³/mol. The van der Waals surface area contributed by atoms with Gasteiger partial charge in [0.1, 0.15) is 18.1 Å². The van der Waals surface area contributed by atoms with Crippen molar-refractivity contribution in [2.24, 2.45) is 41.1 Å². The summed E-state index contributed by atoms with van der Waals surface area (Å²) in [5.41, 5.74) is 15.6. The topological polar surface area (TPSA) is 172 Å². The Hall–Kier alpha value is -4.35. The molecule has 6 rings (SSSR count). The molecule has 0 heterocycles. The van der Waals surface area contributed by atoms with E-state index in [2.05, 4.69) is 10.6 Å². The fraction of sp³-hybridized carbons (Fsp3) is 0.512. The van der Waals surface area contributed by atoms with Crippen LogP contribution in [0.4, 0.5) is 4.79 Å². The molecule has 3 amide bonds. The summed E-state index contributed by atoms with van der Waals surface area (Å²) >= 11 is 7.17. The van der Waals surface area contributed by atoms with Crippen molar-refractivity contribution in [2.45, 2.75) is 83.9 Å². The van der Waals surface area contributed by atoms with Crippen molar-refractivity contribution in [1.82, 2.24) is 10.6 Å². The maximum atomic E-state index is 13.4. The second-order valence-corrected chi connectivity index (χ2v) is 15.4. The van der Waals surface area contributed by atoms with Gasteiger partial charge in [0.25, 0.3) is 0 Å². The Labute approximate surface area is 317 Å². The number of hydrogen-bond donors (Lipinski definition) is 4. The van der Waals surface area contributed by atoms with Gasteiger partial charge in [-0.15, -0.1) is 0 Å². The minimum atomic E-state index is -0.776. The van der Waals surface area contributed by atoms with Gasteiger partial charge in [-0.25, -0.2) is 9.59 Å². The van der Waals surface area contributed by atoms with Crippen LogP contribution in [0.25, 0.3) is 11.8 Å². The monoisotopic (exact) mass is 748 g/mol. The maximum Gasteiger partial charge on any atom is 0.330 e. The van der Waals surface area contributed by atoms with Gasteiger partial charge in [-0.1, -0.05) is 55.8 Å². The first kappa shape index (κ1) is 39.8. The van der Waals surface area contributed by atoms with E-state index < -0.39 is 30.0 Å². The second-order valence-electron chi connectivity index (χ2n) is 15.0. The van der Waals surface area contributed by atoms with Crippen LogP contribution >= 0.6 is 11.6 Å². The van der Waals surface area contributed by atoms with Gasteiger partial charge in [-0.2, -0.15) is 0 Å². The molecule has 2 atom stereocenters. The first-order valence-corrected chi connectivity index (χ1v) is 19.0. The first-order valence-electron chi connectivity index (χ1n) is 18.6. The van der Waals surface area contributed by atoms with Crippen LogP contribution in [0.1, 0.15) is 81.0 Å². The fourth-order valence-corrected chi connectivity index (χ4v) is 8.64. The van der Waals surface area contributed by atoms with Crippen molar-refractivity contribution in [2.75, 3.05) is 20.8 Å². The van der Waals surface area contributed by atoms with Gasteiger partial charge in [0.2, 0.25) is 5.91 Å². The molecule has 4 bridgehead atoms. The Kier molecular flexibility index (Phi) is 13.6. The van der Waals surface area contributed by atoms with Crippen LogP contribution in [-0.4, -0.2) is 56.5 Å². The average molecular weight is 749 g/mol. The molecule has 0 spiro atoms. The summed E-state index contributed by atoms with van der Waals surface area (Å²) in [6.45, 7) is 4.12. The standard InChI is InChI=1S/C41H53ClN4O7/c1-23(2)37(43)40(49)46-32(6-5-15-45-41(44)50)33(47)21-24-7-9-25(10-8-24)22-53-38-28(12-14-34(48)51-3)11-13-31(36(38)42)39(52-4)35-29-17-26-16-27(19-29)20-30(35)18-26/h7-14,23,26-27,29-30,32,37H,5-6,15-22,43H2,1-4H3,(H,46,49)(H3,44,45,50)/b14-12+,39-35?/t26?,27?,29?,30?,32-,37+/m1/s1. The quantitative estimate of drug-likeness (QED) is 0.0666. The van der Waals surface area contributed by atoms with Crippen LogP contribution in [0.3, 0.4) is 0 Å². The number of primary amides is 1. The Morgan fingerprint density at radius 3 is 2.15 bits per heavy atom. The number of amides is 3. The molecular formula is C41H53ClN4O7. The fourth-order valence-electron chi connectivity index (χ4n) is 8.33. The molecule has 11 nitrogen and oxygen atoms in total. The minimum Gasteiger partial charge on any atom is -0.496 e. The van der Waals surface area contributed by atoms with Crippen molar-refractivity contribution < 1.29 is 33.4 Å². The highest BCUT2D eigenvalue weighted by molar-refractivity contribution is 6.34. The predicted octanol–water partition coefficient (Wildman–Crippen LogP) is 5.95. The van der Waals surface area contributed by atoms with Gasteiger partial charge in [0.15, 0.2) is 5.78 Å². The number of Topliss-reactive ketones (excluding diaryl/α,β-unsaturated/α-hetero) is 1. The van der Waals surface area contributed by atoms with Crippen molar-refractivity contribution in [3.05, 3.63) is 75.3 Å². The summed E-state index contributed by atoms with van der Waals surface area (Å²) in [6.07, 6.45) is 9.96. The normalized spacial score (nSPS) is 21.3. The number of rotatable bonds is 17. The highest BCUT2D eigenvalue weighted by Crippen LogP contribution is 2.58. The first-order chi connectivity index (χ1) is 25.4. The van der Waals surface area contributed by atoms with Gasteiger partial charge >= 0.3 is 12.0 Å². The summed E-state index contributed by atoms with van der Waals surface area (Å²) in [5, 5.41) is 5.72. The largest absolute Gasteiger partial charge is 0.496 e. The van der Waals surface area contributed by atoms with E-state index in [-0.39, 0.29) is 31.3 Å². The molecule has 12 heteroatoms. The molecule has 6 N–H and O–H groups in total. The summed E-state index contributed by atoms with van der Waals surface area (Å²) in [6, 6.07) is 9.08. The van der Waals surface area contributed by atoms with E-state index in [0.29, 0.717) is 41.0 Å². The molecular weight excluding hydrogens is 696 g/mol. The molecule has 286 valence electrons. The summed E-state index contributed by atoms with van der Waals surface area (Å²) in [7, 11) is 3.03. The van der Waals surface area contributed by atoms with Crippen LogP contribution in [0, 0.1) is 29.6 Å². The molecule has 4 aliphatic rings. The molecule has 0 unspecified atom stereocenters. The van der Waals surface area contributed by atoms with E-state index in [4.69, 9.17) is 37.3 Å². The Morgan fingerprint density at radius 1 is 0.925 bits per heavy atom. The Morgan fingerprint density at radius 2 is 1.57 bits per heavy atom. The number of hydrogen-bond acceptors (Lipinski definition) is 8. The average Bonchev–Trinajstić information content (AvgIpc) is 3.12. The number of benzene rings is 2. The summed E-state index contributed by atoms with van der Waals surface area (Å²) in [4.78, 5) is 49.2. The number of ether oxygens (including phenoxy) is 3. The number of esters is 1. The zero-order valence-electron chi connectivity index (χ0n) is 31.1. The number of carbonyl (C=O) groups is 4. The van der Waals surface area contributed by atoms with E-state index in [1.807, 2.05) is 50.2 Å². The number of methoxy groups -OCH3 is 2. The molecule has 2 aromatic rings. The lowest BCUT2D eigenvalue weighted by atomic mass is 9.54. The Bertz CT molecular complexity index is 1690. The molecule has 0 aromatic heterocycles. The zero-order chi connectivity index (χ0) is 38.2. The second kappa shape index (κ2) is 18.1. The third-order valence-corrected chi connectivity index (χ3v) is 11.3. The molecule has 4 aliphatic carbocycles. The van der Waals surface area contributed by atoms with E-state index in [1.54, 1.807) is 13.2 Å². The van der Waals surface area contributed by atoms with Crippen molar-refractivity contribution >= 4 is 47.1 Å². The lowest BCUT2D eigenvalue weighted by Gasteiger charge is -2.51. The summed E-state index contributed by atoms with van der Waals surface area (Å²) < 4.78 is 17.3. The summed E-state index contributed by atoms with van der Waals surface area (Å²) in [5.74, 6) is 2.70. The number of allylic oxidation sites excluding steroid dienone is 1. The van der Waals surface area contributed by atoms with Crippen LogP contribution in [0.15, 0.2) is 48.0 Å². The molecule has 0 saturated heterocycles. The van der Waals surface area contributed by atoms with Crippen LogP contribution < -0.4 is 26.8 Å². The van der Waals surface area contributed by atoms with Crippen LogP contribution in [-0.2, 0) is 36.9 Å². The molecule has 2 aromatic carbocycles. The number of nitrogens with one attached hydrogen (secondary N) is 2. The van der Waals surface area contributed by atoms with Crippen molar-refractivity contribution in [1.29, 1.82) is 0 Å².